The maximum absolute atomic E-state index is 14.1. The first-order valence-corrected chi connectivity index (χ1v) is 9.11. The molecule has 2 heterocycles. The molecule has 0 bridgehead atoms. The summed E-state index contributed by atoms with van der Waals surface area (Å²) in [6, 6.07) is 6.46. The number of ether oxygens (including phenoxy) is 1. The highest BCUT2D eigenvalue weighted by molar-refractivity contribution is 5.99. The number of carbonyl (C=O) groups excluding carboxylic acids is 1. The van der Waals surface area contributed by atoms with Gasteiger partial charge in [0.1, 0.15) is 5.82 Å². The molecule has 1 aliphatic heterocycles. The molecule has 2 aromatic rings. The van der Waals surface area contributed by atoms with E-state index < -0.39 is 0 Å². The fourth-order valence-electron chi connectivity index (χ4n) is 3.91. The largest absolute Gasteiger partial charge is 0.372 e. The molecule has 138 valence electrons. The van der Waals surface area contributed by atoms with E-state index in [0.717, 1.165) is 45.4 Å². The quantitative estimate of drug-likeness (QED) is 0.786. The van der Waals surface area contributed by atoms with Crippen molar-refractivity contribution in [3.8, 4) is 11.3 Å². The van der Waals surface area contributed by atoms with Crippen LogP contribution in [0.2, 0.25) is 0 Å². The van der Waals surface area contributed by atoms with Crippen LogP contribution in [0.15, 0.2) is 30.5 Å². The molecule has 0 atom stereocenters. The summed E-state index contributed by atoms with van der Waals surface area (Å²) in [5.41, 5.74) is 1.05. The van der Waals surface area contributed by atoms with Gasteiger partial charge in [-0.05, 0) is 37.8 Å². The highest BCUT2D eigenvalue weighted by atomic mass is 19.1. The van der Waals surface area contributed by atoms with Crippen molar-refractivity contribution in [2.24, 2.45) is 0 Å². The standard InChI is InChI=1S/C19H23FN4O2/c20-16-4-2-1-3-14(16)17-15(11-22-24-17)18(25)23-13-5-7-19(8-6-13)12-21-9-10-26-19/h1-4,11,13,21H,5-10,12H2,(H,22,24)(H,23,25). The van der Waals surface area contributed by atoms with Crippen LogP contribution in [0.25, 0.3) is 11.3 Å². The smallest absolute Gasteiger partial charge is 0.255 e. The molecule has 1 amide bonds. The van der Waals surface area contributed by atoms with Crippen molar-refractivity contribution in [3.05, 3.63) is 41.8 Å². The van der Waals surface area contributed by atoms with E-state index in [9.17, 15) is 9.18 Å². The number of rotatable bonds is 3. The fourth-order valence-corrected chi connectivity index (χ4v) is 3.91. The van der Waals surface area contributed by atoms with Crippen LogP contribution in [0, 0.1) is 5.82 Å². The van der Waals surface area contributed by atoms with Crippen molar-refractivity contribution < 1.29 is 13.9 Å². The van der Waals surface area contributed by atoms with Gasteiger partial charge >= 0.3 is 0 Å². The lowest BCUT2D eigenvalue weighted by Crippen LogP contribution is -2.53. The molecule has 1 spiro atoms. The second-order valence-corrected chi connectivity index (χ2v) is 7.09. The molecular weight excluding hydrogens is 335 g/mol. The molecule has 7 heteroatoms. The van der Waals surface area contributed by atoms with Gasteiger partial charge in [0.05, 0.1) is 29.7 Å². The minimum absolute atomic E-state index is 0.0759. The monoisotopic (exact) mass is 358 g/mol. The third-order valence-corrected chi connectivity index (χ3v) is 5.39. The summed E-state index contributed by atoms with van der Waals surface area (Å²) in [7, 11) is 0. The Hall–Kier alpha value is -2.25. The molecular formula is C19H23FN4O2. The maximum Gasteiger partial charge on any atom is 0.255 e. The number of hydrogen-bond acceptors (Lipinski definition) is 4. The van der Waals surface area contributed by atoms with Crippen molar-refractivity contribution in [1.29, 1.82) is 0 Å². The lowest BCUT2D eigenvalue weighted by Gasteiger charge is -2.43. The molecule has 1 aromatic carbocycles. The zero-order valence-electron chi connectivity index (χ0n) is 14.6. The maximum atomic E-state index is 14.1. The second kappa shape index (κ2) is 7.17. The van der Waals surface area contributed by atoms with Crippen LogP contribution < -0.4 is 10.6 Å². The molecule has 0 radical (unpaired) electrons. The van der Waals surface area contributed by atoms with Crippen LogP contribution in [-0.2, 0) is 4.74 Å². The predicted molar refractivity (Wildman–Crippen MR) is 95.3 cm³/mol. The van der Waals surface area contributed by atoms with Crippen molar-refractivity contribution in [2.45, 2.75) is 37.3 Å². The van der Waals surface area contributed by atoms with Crippen molar-refractivity contribution in [2.75, 3.05) is 19.7 Å². The number of nitrogens with one attached hydrogen (secondary N) is 3. The molecule has 2 fully saturated rings. The third kappa shape index (κ3) is 3.37. The average Bonchev–Trinajstić information content (AvgIpc) is 3.15. The number of benzene rings is 1. The molecule has 1 saturated carbocycles. The van der Waals surface area contributed by atoms with Crippen LogP contribution in [0.4, 0.5) is 4.39 Å². The molecule has 1 aromatic heterocycles. The molecule has 0 unspecified atom stereocenters. The van der Waals surface area contributed by atoms with Gasteiger partial charge in [-0.1, -0.05) is 12.1 Å². The van der Waals surface area contributed by atoms with Crippen molar-refractivity contribution in [3.63, 3.8) is 0 Å². The highest BCUT2D eigenvalue weighted by Crippen LogP contribution is 2.33. The molecule has 1 saturated heterocycles. The first-order valence-electron chi connectivity index (χ1n) is 9.11. The second-order valence-electron chi connectivity index (χ2n) is 7.09. The Morgan fingerprint density at radius 3 is 2.85 bits per heavy atom. The SMILES string of the molecule is O=C(NC1CCC2(CC1)CNCCO2)c1cn[nH]c1-c1ccccc1F. The van der Waals surface area contributed by atoms with Crippen LogP contribution >= 0.6 is 0 Å². The Morgan fingerprint density at radius 1 is 1.31 bits per heavy atom. The van der Waals surface area contributed by atoms with Gasteiger partial charge in [-0.2, -0.15) is 5.10 Å². The number of aromatic amines is 1. The Bertz CT molecular complexity index is 775. The number of morpholine rings is 1. The number of hydrogen-bond donors (Lipinski definition) is 3. The summed E-state index contributed by atoms with van der Waals surface area (Å²) in [4.78, 5) is 12.7. The number of nitrogens with zero attached hydrogens (tertiary/aromatic N) is 1. The van der Waals surface area contributed by atoms with Gasteiger partial charge in [0, 0.05) is 24.7 Å². The first kappa shape index (κ1) is 17.2. The summed E-state index contributed by atoms with van der Waals surface area (Å²) < 4.78 is 20.0. The van der Waals surface area contributed by atoms with E-state index in [-0.39, 0.29) is 23.4 Å². The van der Waals surface area contributed by atoms with Crippen LogP contribution in [-0.4, -0.2) is 47.4 Å². The topological polar surface area (TPSA) is 79.0 Å². The van der Waals surface area contributed by atoms with Crippen molar-refractivity contribution in [1.82, 2.24) is 20.8 Å². The van der Waals surface area contributed by atoms with Crippen LogP contribution in [0.5, 0.6) is 0 Å². The number of halogens is 1. The zero-order valence-corrected chi connectivity index (χ0v) is 14.6. The zero-order chi connectivity index (χ0) is 18.0. The predicted octanol–water partition coefficient (Wildman–Crippen LogP) is 2.25. The van der Waals surface area contributed by atoms with E-state index in [2.05, 4.69) is 20.8 Å². The van der Waals surface area contributed by atoms with Gasteiger partial charge in [0.15, 0.2) is 0 Å². The summed E-state index contributed by atoms with van der Waals surface area (Å²) >= 11 is 0. The average molecular weight is 358 g/mol. The number of amides is 1. The minimum atomic E-state index is -0.382. The van der Waals surface area contributed by atoms with Gasteiger partial charge in [-0.3, -0.25) is 9.89 Å². The van der Waals surface area contributed by atoms with Gasteiger partial charge in [-0.25, -0.2) is 4.39 Å². The fraction of sp³-hybridized carbons (Fsp3) is 0.474. The summed E-state index contributed by atoms with van der Waals surface area (Å²) in [5, 5.41) is 13.2. The van der Waals surface area contributed by atoms with E-state index in [1.165, 1.54) is 12.3 Å². The Morgan fingerprint density at radius 2 is 2.12 bits per heavy atom. The Labute approximate surface area is 151 Å². The summed E-state index contributed by atoms with van der Waals surface area (Å²) in [6.07, 6.45) is 5.06. The summed E-state index contributed by atoms with van der Waals surface area (Å²) in [5.74, 6) is -0.604. The first-order chi connectivity index (χ1) is 12.7. The van der Waals surface area contributed by atoms with Gasteiger partial charge in [0.2, 0.25) is 0 Å². The molecule has 4 rings (SSSR count). The van der Waals surface area contributed by atoms with Crippen LogP contribution in [0.1, 0.15) is 36.0 Å². The van der Waals surface area contributed by atoms with E-state index in [1.807, 2.05) is 0 Å². The third-order valence-electron chi connectivity index (χ3n) is 5.39. The number of H-pyrrole nitrogens is 1. The number of carbonyl (C=O) groups is 1. The van der Waals surface area contributed by atoms with Gasteiger partial charge in [-0.15, -0.1) is 0 Å². The Kier molecular flexibility index (Phi) is 4.74. The Balaban J connectivity index is 1.42. The molecule has 6 nitrogen and oxygen atoms in total. The highest BCUT2D eigenvalue weighted by Gasteiger charge is 2.38. The lowest BCUT2D eigenvalue weighted by atomic mass is 9.81. The molecule has 26 heavy (non-hydrogen) atoms. The van der Waals surface area contributed by atoms with E-state index in [0.29, 0.717) is 16.8 Å². The van der Waals surface area contributed by atoms with Gasteiger partial charge in [0.25, 0.3) is 5.91 Å². The van der Waals surface area contributed by atoms with Gasteiger partial charge < -0.3 is 15.4 Å². The van der Waals surface area contributed by atoms with Crippen LogP contribution in [0.3, 0.4) is 0 Å². The summed E-state index contributed by atoms with van der Waals surface area (Å²) in [6.45, 7) is 2.53. The number of aromatic nitrogens is 2. The van der Waals surface area contributed by atoms with E-state index >= 15 is 0 Å². The lowest BCUT2D eigenvalue weighted by molar-refractivity contribution is -0.0908. The molecule has 1 aliphatic carbocycles. The van der Waals surface area contributed by atoms with E-state index in [4.69, 9.17) is 4.74 Å². The van der Waals surface area contributed by atoms with Crippen molar-refractivity contribution >= 4 is 5.91 Å². The molecule has 3 N–H and O–H groups in total. The normalized spacial score (nSPS) is 26.0. The van der Waals surface area contributed by atoms with E-state index in [1.54, 1.807) is 18.2 Å². The minimum Gasteiger partial charge on any atom is -0.372 e. The molecule has 2 aliphatic rings.